The van der Waals surface area contributed by atoms with Crippen LogP contribution >= 0.6 is 0 Å². The van der Waals surface area contributed by atoms with E-state index in [1.165, 1.54) is 12.1 Å². The molecule has 1 aromatic heterocycles. The Labute approximate surface area is 157 Å². The second kappa shape index (κ2) is 5.50. The van der Waals surface area contributed by atoms with Gasteiger partial charge in [0.05, 0.1) is 36.4 Å². The van der Waals surface area contributed by atoms with Crippen LogP contribution in [0.5, 0.6) is 0 Å². The van der Waals surface area contributed by atoms with Crippen LogP contribution in [0.2, 0.25) is 0 Å². The van der Waals surface area contributed by atoms with Crippen molar-refractivity contribution < 1.29 is 19.0 Å². The van der Waals surface area contributed by atoms with Crippen molar-refractivity contribution >= 4 is 6.08 Å². The molecule has 2 heterocycles. The van der Waals surface area contributed by atoms with Gasteiger partial charge in [0.15, 0.2) is 5.79 Å². The van der Waals surface area contributed by atoms with E-state index in [-0.39, 0.29) is 5.82 Å². The van der Waals surface area contributed by atoms with Crippen LogP contribution in [-0.2, 0) is 15.9 Å². The summed E-state index contributed by atoms with van der Waals surface area (Å²) in [5.74, 6) is -0.977. The number of hydrogen-bond acceptors (Lipinski definition) is 4. The zero-order valence-electron chi connectivity index (χ0n) is 15.5. The maximum absolute atomic E-state index is 13.3. The van der Waals surface area contributed by atoms with Crippen LogP contribution in [0, 0.1) is 11.2 Å². The molecule has 27 heavy (non-hydrogen) atoms. The molecule has 2 fully saturated rings. The zero-order valence-corrected chi connectivity index (χ0v) is 15.5. The first-order chi connectivity index (χ1) is 12.8. The molecule has 1 aromatic carbocycles. The Kier molecular flexibility index (Phi) is 3.48. The van der Waals surface area contributed by atoms with Gasteiger partial charge in [-0.15, -0.1) is 0 Å². The lowest BCUT2D eigenvalue weighted by atomic mass is 9.57. The molecule has 1 spiro atoms. The van der Waals surface area contributed by atoms with Crippen molar-refractivity contribution in [2.24, 2.45) is 5.41 Å². The summed E-state index contributed by atoms with van der Waals surface area (Å²) in [6.45, 7) is 5.14. The summed E-state index contributed by atoms with van der Waals surface area (Å²) >= 11 is 0. The Balaban J connectivity index is 1.66. The van der Waals surface area contributed by atoms with Gasteiger partial charge < -0.3 is 14.6 Å². The van der Waals surface area contributed by atoms with Crippen LogP contribution in [-0.4, -0.2) is 39.5 Å². The second-order valence-electron chi connectivity index (χ2n) is 8.23. The van der Waals surface area contributed by atoms with Crippen molar-refractivity contribution in [2.75, 3.05) is 13.2 Å². The fourth-order valence-electron chi connectivity index (χ4n) is 5.07. The van der Waals surface area contributed by atoms with Gasteiger partial charge in [0, 0.05) is 11.8 Å². The molecule has 6 heteroatoms. The lowest BCUT2D eigenvalue weighted by Gasteiger charge is -2.55. The molecule has 1 unspecified atom stereocenters. The smallest absolute Gasteiger partial charge is 0.178 e. The van der Waals surface area contributed by atoms with Gasteiger partial charge in [0.2, 0.25) is 0 Å². The topological polar surface area (TPSA) is 56.5 Å². The van der Waals surface area contributed by atoms with Crippen LogP contribution < -0.4 is 0 Å². The Bertz CT molecular complexity index is 925. The van der Waals surface area contributed by atoms with Gasteiger partial charge in [-0.2, -0.15) is 5.10 Å². The fourth-order valence-corrected chi connectivity index (χ4v) is 5.07. The number of rotatable bonds is 1. The number of fused-ring (bicyclic) bond motifs is 3. The molecule has 0 amide bonds. The quantitative estimate of drug-likeness (QED) is 0.837. The molecule has 1 N–H and O–H groups in total. The van der Waals surface area contributed by atoms with Crippen LogP contribution in [0.1, 0.15) is 37.9 Å². The number of benzene rings is 1. The minimum absolute atomic E-state index is 0.279. The number of ether oxygens (including phenoxy) is 2. The first kappa shape index (κ1) is 17.1. The summed E-state index contributed by atoms with van der Waals surface area (Å²) in [7, 11) is 0. The first-order valence-electron chi connectivity index (χ1n) is 9.41. The van der Waals surface area contributed by atoms with Gasteiger partial charge in [-0.1, -0.05) is 6.92 Å². The summed E-state index contributed by atoms with van der Waals surface area (Å²) in [6.07, 6.45) is 5.79. The predicted molar refractivity (Wildman–Crippen MR) is 97.8 cm³/mol. The van der Waals surface area contributed by atoms with E-state index in [1.807, 2.05) is 19.2 Å². The number of aliphatic hydroxyl groups is 1. The van der Waals surface area contributed by atoms with Gasteiger partial charge in [-0.05, 0) is 61.2 Å². The molecule has 142 valence electrons. The van der Waals surface area contributed by atoms with Gasteiger partial charge in [0.25, 0.3) is 0 Å². The van der Waals surface area contributed by atoms with Crippen molar-refractivity contribution in [3.63, 3.8) is 0 Å². The summed E-state index contributed by atoms with van der Waals surface area (Å²) in [4.78, 5) is 0. The molecular weight excluding hydrogens is 347 g/mol. The highest BCUT2D eigenvalue weighted by molar-refractivity contribution is 5.64. The number of halogens is 1. The lowest BCUT2D eigenvalue weighted by molar-refractivity contribution is -0.249. The Hall–Kier alpha value is -2.02. The predicted octanol–water partition coefficient (Wildman–Crippen LogP) is 3.25. The number of aromatic nitrogens is 2. The second-order valence-corrected chi connectivity index (χ2v) is 8.23. The SMILES string of the molecule is CC1(O)CCC2(OCCO2)[C@@]2(C)Cc3cnn(-c4ccc(F)cc4)c3C=C12. The molecule has 1 saturated heterocycles. The fraction of sp³-hybridized carbons (Fsp3) is 0.476. The lowest BCUT2D eigenvalue weighted by Crippen LogP contribution is -2.59. The van der Waals surface area contributed by atoms with Crippen LogP contribution in [0.15, 0.2) is 36.0 Å². The minimum Gasteiger partial charge on any atom is -0.386 e. The summed E-state index contributed by atoms with van der Waals surface area (Å²) in [5, 5.41) is 15.7. The largest absolute Gasteiger partial charge is 0.386 e. The van der Waals surface area contributed by atoms with E-state index in [2.05, 4.69) is 12.0 Å². The summed E-state index contributed by atoms with van der Waals surface area (Å²) in [5.41, 5.74) is 2.29. The van der Waals surface area contributed by atoms with E-state index < -0.39 is 16.8 Å². The minimum atomic E-state index is -0.940. The Morgan fingerprint density at radius 1 is 1.11 bits per heavy atom. The normalized spacial score (nSPS) is 31.5. The highest BCUT2D eigenvalue weighted by atomic mass is 19.1. The zero-order chi connectivity index (χ0) is 18.9. The molecule has 1 saturated carbocycles. The molecule has 5 nitrogen and oxygen atoms in total. The third kappa shape index (κ3) is 2.30. The van der Waals surface area contributed by atoms with E-state index in [1.54, 1.807) is 16.8 Å². The number of nitrogens with zero attached hydrogens (tertiary/aromatic N) is 2. The highest BCUT2D eigenvalue weighted by Gasteiger charge is 2.62. The van der Waals surface area contributed by atoms with Crippen molar-refractivity contribution in [2.45, 2.75) is 44.5 Å². The van der Waals surface area contributed by atoms with Crippen molar-refractivity contribution in [1.82, 2.24) is 9.78 Å². The maximum Gasteiger partial charge on any atom is 0.178 e. The third-order valence-electron chi connectivity index (χ3n) is 6.49. The van der Waals surface area contributed by atoms with E-state index in [0.717, 1.165) is 22.5 Å². The molecule has 2 aromatic rings. The van der Waals surface area contributed by atoms with Gasteiger partial charge >= 0.3 is 0 Å². The van der Waals surface area contributed by atoms with Crippen LogP contribution in [0.3, 0.4) is 0 Å². The Morgan fingerprint density at radius 2 is 1.81 bits per heavy atom. The monoisotopic (exact) mass is 370 g/mol. The Morgan fingerprint density at radius 3 is 2.52 bits per heavy atom. The summed E-state index contributed by atoms with van der Waals surface area (Å²) in [6, 6.07) is 6.27. The van der Waals surface area contributed by atoms with Gasteiger partial charge in [0.1, 0.15) is 5.82 Å². The van der Waals surface area contributed by atoms with Gasteiger partial charge in [-0.25, -0.2) is 9.07 Å². The van der Waals surface area contributed by atoms with Gasteiger partial charge in [-0.3, -0.25) is 0 Å². The van der Waals surface area contributed by atoms with Crippen molar-refractivity contribution in [1.29, 1.82) is 0 Å². The first-order valence-corrected chi connectivity index (χ1v) is 9.41. The van der Waals surface area contributed by atoms with E-state index in [0.29, 0.717) is 32.5 Å². The maximum atomic E-state index is 13.3. The standard InChI is InChI=1S/C21H23FN2O3/c1-19-12-14-13-23-24(16-5-3-15(22)4-6-16)17(14)11-18(19)20(2,25)7-8-21(19)26-9-10-27-21/h3-6,11,13,25H,7-10,12H2,1-2H3/t19-,20?/m0/s1. The molecule has 2 atom stereocenters. The van der Waals surface area contributed by atoms with E-state index in [9.17, 15) is 9.50 Å². The average Bonchev–Trinajstić information content (AvgIpc) is 3.27. The van der Waals surface area contributed by atoms with E-state index in [4.69, 9.17) is 9.47 Å². The molecule has 2 aliphatic carbocycles. The molecule has 5 rings (SSSR count). The molecule has 0 radical (unpaired) electrons. The molecule has 3 aliphatic rings. The molecule has 0 bridgehead atoms. The highest BCUT2D eigenvalue weighted by Crippen LogP contribution is 2.59. The molecule has 1 aliphatic heterocycles. The summed E-state index contributed by atoms with van der Waals surface area (Å²) < 4.78 is 27.4. The molecular formula is C21H23FN2O3. The van der Waals surface area contributed by atoms with Crippen LogP contribution in [0.25, 0.3) is 11.8 Å². The average molecular weight is 370 g/mol. The van der Waals surface area contributed by atoms with E-state index >= 15 is 0 Å². The van der Waals surface area contributed by atoms with Crippen molar-refractivity contribution in [3.8, 4) is 5.69 Å². The number of hydrogen-bond donors (Lipinski definition) is 1. The van der Waals surface area contributed by atoms with Crippen LogP contribution in [0.4, 0.5) is 4.39 Å². The third-order valence-corrected chi connectivity index (χ3v) is 6.49. The van der Waals surface area contributed by atoms with Crippen molar-refractivity contribution in [3.05, 3.63) is 53.1 Å².